The van der Waals surface area contributed by atoms with Crippen molar-refractivity contribution in [3.63, 3.8) is 0 Å². The molecule has 2 aliphatic carbocycles. The first kappa shape index (κ1) is 15.8. The third kappa shape index (κ3) is 3.11. The Morgan fingerprint density at radius 1 is 0.667 bits per heavy atom. The number of aryl methyl sites for hydroxylation is 1. The summed E-state index contributed by atoms with van der Waals surface area (Å²) in [5.74, 6) is 0.194. The predicted octanol–water partition coefficient (Wildman–Crippen LogP) is 6.32. The normalized spacial score (nSPS) is 21.5. The number of hydrogen-bond acceptors (Lipinski definition) is 0. The quantitative estimate of drug-likeness (QED) is 0.606. The average Bonchev–Trinajstić information content (AvgIpc) is 2.64. The van der Waals surface area contributed by atoms with Crippen LogP contribution in [0.2, 0.25) is 0 Å². The Hall–Kier alpha value is -1.70. The molecular formula is C22H24F2. The molecule has 126 valence electrons. The number of halogens is 2. The van der Waals surface area contributed by atoms with Crippen molar-refractivity contribution in [2.45, 2.75) is 51.4 Å². The summed E-state index contributed by atoms with van der Waals surface area (Å²) in [6, 6.07) is 10.6. The maximum atomic E-state index is 13.5. The summed E-state index contributed by atoms with van der Waals surface area (Å²) in [6.07, 6.45) is 10.6. The summed E-state index contributed by atoms with van der Waals surface area (Å²) in [5, 5.41) is 0. The second kappa shape index (κ2) is 6.66. The van der Waals surface area contributed by atoms with Crippen molar-refractivity contribution in [3.05, 3.63) is 59.2 Å². The monoisotopic (exact) mass is 326 g/mol. The van der Waals surface area contributed by atoms with Crippen LogP contribution in [0.15, 0.2) is 36.4 Å². The average molecular weight is 326 g/mol. The van der Waals surface area contributed by atoms with Crippen LogP contribution in [-0.4, -0.2) is 0 Å². The number of fused-ring (bicyclic) bond motifs is 1. The summed E-state index contributed by atoms with van der Waals surface area (Å²) in [4.78, 5) is 0. The van der Waals surface area contributed by atoms with Crippen molar-refractivity contribution in [2.75, 3.05) is 0 Å². The van der Waals surface area contributed by atoms with Crippen LogP contribution in [0.1, 0.15) is 49.7 Å². The molecule has 0 aromatic heterocycles. The Kier molecular flexibility index (Phi) is 4.39. The van der Waals surface area contributed by atoms with Crippen LogP contribution in [0.4, 0.5) is 8.78 Å². The highest BCUT2D eigenvalue weighted by molar-refractivity contribution is 5.65. The first-order valence-corrected chi connectivity index (χ1v) is 9.28. The fraction of sp³-hybridized carbons (Fsp3) is 0.455. The van der Waals surface area contributed by atoms with E-state index < -0.39 is 11.6 Å². The first-order chi connectivity index (χ1) is 11.7. The molecule has 0 nitrogen and oxygen atoms in total. The van der Waals surface area contributed by atoms with Crippen molar-refractivity contribution in [1.29, 1.82) is 0 Å². The van der Waals surface area contributed by atoms with Crippen molar-refractivity contribution >= 4 is 0 Å². The molecule has 0 saturated heterocycles. The lowest BCUT2D eigenvalue weighted by Gasteiger charge is -2.34. The molecule has 1 saturated carbocycles. The topological polar surface area (TPSA) is 0 Å². The van der Waals surface area contributed by atoms with E-state index in [1.54, 1.807) is 6.07 Å². The summed E-state index contributed by atoms with van der Waals surface area (Å²) >= 11 is 0. The molecule has 4 rings (SSSR count). The van der Waals surface area contributed by atoms with Crippen LogP contribution < -0.4 is 0 Å². The standard InChI is InChI=1S/C22H24F2/c23-21-11-10-20(14-22(21)24)19-9-8-17-12-16(6-7-18(17)13-19)15-4-2-1-3-5-15/h8-11,13-16H,1-7,12H2. The molecule has 0 N–H and O–H groups in total. The van der Waals surface area contributed by atoms with E-state index >= 15 is 0 Å². The maximum absolute atomic E-state index is 13.5. The minimum absolute atomic E-state index is 0.756. The van der Waals surface area contributed by atoms with E-state index in [2.05, 4.69) is 18.2 Å². The summed E-state index contributed by atoms with van der Waals surface area (Å²) in [7, 11) is 0. The fourth-order valence-electron chi connectivity index (χ4n) is 4.65. The molecule has 0 spiro atoms. The van der Waals surface area contributed by atoms with Gasteiger partial charge in [0.05, 0.1) is 0 Å². The van der Waals surface area contributed by atoms with Crippen molar-refractivity contribution in [2.24, 2.45) is 11.8 Å². The molecule has 0 radical (unpaired) electrons. The second-order valence-corrected chi connectivity index (χ2v) is 7.51. The number of benzene rings is 2. The molecule has 24 heavy (non-hydrogen) atoms. The van der Waals surface area contributed by atoms with Gasteiger partial charge in [-0.2, -0.15) is 0 Å². The van der Waals surface area contributed by atoms with E-state index in [-0.39, 0.29) is 0 Å². The van der Waals surface area contributed by atoms with Gasteiger partial charge in [-0.15, -0.1) is 0 Å². The maximum Gasteiger partial charge on any atom is 0.159 e. The summed E-state index contributed by atoms with van der Waals surface area (Å²) in [6.45, 7) is 0. The number of rotatable bonds is 2. The van der Waals surface area contributed by atoms with Gasteiger partial charge in [0.25, 0.3) is 0 Å². The molecule has 1 fully saturated rings. The minimum Gasteiger partial charge on any atom is -0.204 e. The van der Waals surface area contributed by atoms with Gasteiger partial charge in [-0.05, 0) is 65.5 Å². The van der Waals surface area contributed by atoms with Gasteiger partial charge in [0, 0.05) is 0 Å². The van der Waals surface area contributed by atoms with Gasteiger partial charge in [0.2, 0.25) is 0 Å². The number of hydrogen-bond donors (Lipinski definition) is 0. The molecule has 2 aromatic rings. The Morgan fingerprint density at radius 3 is 2.21 bits per heavy atom. The molecule has 0 heterocycles. The molecule has 0 amide bonds. The van der Waals surface area contributed by atoms with Gasteiger partial charge in [0.15, 0.2) is 11.6 Å². The largest absolute Gasteiger partial charge is 0.204 e. The van der Waals surface area contributed by atoms with Crippen LogP contribution >= 0.6 is 0 Å². The highest BCUT2D eigenvalue weighted by Crippen LogP contribution is 2.38. The van der Waals surface area contributed by atoms with Crippen molar-refractivity contribution < 1.29 is 8.78 Å². The third-order valence-electron chi connectivity index (χ3n) is 6.04. The second-order valence-electron chi connectivity index (χ2n) is 7.51. The lowest BCUT2D eigenvalue weighted by Crippen LogP contribution is -2.24. The van der Waals surface area contributed by atoms with Gasteiger partial charge >= 0.3 is 0 Å². The van der Waals surface area contributed by atoms with E-state index in [1.165, 1.54) is 68.2 Å². The van der Waals surface area contributed by atoms with Crippen LogP contribution in [0.25, 0.3) is 11.1 Å². The zero-order valence-corrected chi connectivity index (χ0v) is 14.0. The summed E-state index contributed by atoms with van der Waals surface area (Å²) < 4.78 is 26.6. The van der Waals surface area contributed by atoms with Gasteiger partial charge in [-0.25, -0.2) is 8.78 Å². The minimum atomic E-state index is -0.785. The van der Waals surface area contributed by atoms with Gasteiger partial charge in [0.1, 0.15) is 0 Å². The van der Waals surface area contributed by atoms with E-state index in [9.17, 15) is 8.78 Å². The van der Waals surface area contributed by atoms with Crippen molar-refractivity contribution in [1.82, 2.24) is 0 Å². The Balaban J connectivity index is 1.55. The zero-order chi connectivity index (χ0) is 16.5. The Morgan fingerprint density at radius 2 is 1.42 bits per heavy atom. The molecule has 1 unspecified atom stereocenters. The summed E-state index contributed by atoms with van der Waals surface area (Å²) in [5.41, 5.74) is 4.60. The van der Waals surface area contributed by atoms with E-state index in [1.807, 2.05) is 0 Å². The lowest BCUT2D eigenvalue weighted by atomic mass is 9.71. The van der Waals surface area contributed by atoms with Crippen LogP contribution in [-0.2, 0) is 12.8 Å². The third-order valence-corrected chi connectivity index (χ3v) is 6.04. The molecule has 2 aliphatic rings. The fourth-order valence-corrected chi connectivity index (χ4v) is 4.65. The van der Waals surface area contributed by atoms with E-state index in [0.717, 1.165) is 29.4 Å². The molecular weight excluding hydrogens is 302 g/mol. The molecule has 2 heteroatoms. The molecule has 0 bridgehead atoms. The predicted molar refractivity (Wildman–Crippen MR) is 93.9 cm³/mol. The molecule has 2 aromatic carbocycles. The van der Waals surface area contributed by atoms with Crippen LogP contribution in [0.3, 0.4) is 0 Å². The highest BCUT2D eigenvalue weighted by atomic mass is 19.2. The van der Waals surface area contributed by atoms with Gasteiger partial charge in [-0.1, -0.05) is 56.4 Å². The highest BCUT2D eigenvalue weighted by Gasteiger charge is 2.27. The van der Waals surface area contributed by atoms with Crippen molar-refractivity contribution in [3.8, 4) is 11.1 Å². The van der Waals surface area contributed by atoms with Gasteiger partial charge < -0.3 is 0 Å². The Bertz CT molecular complexity index is 729. The lowest BCUT2D eigenvalue weighted by molar-refractivity contribution is 0.228. The Labute approximate surface area is 142 Å². The smallest absolute Gasteiger partial charge is 0.159 e. The van der Waals surface area contributed by atoms with E-state index in [4.69, 9.17) is 0 Å². The van der Waals surface area contributed by atoms with Crippen LogP contribution in [0, 0.1) is 23.5 Å². The van der Waals surface area contributed by atoms with Gasteiger partial charge in [-0.3, -0.25) is 0 Å². The first-order valence-electron chi connectivity index (χ1n) is 9.28. The SMILES string of the molecule is Fc1ccc(-c2ccc3c(c2)CCC(C2CCCCC2)C3)cc1F. The molecule has 0 aliphatic heterocycles. The molecule has 1 atom stereocenters. The van der Waals surface area contributed by atoms with Crippen LogP contribution in [0.5, 0.6) is 0 Å². The zero-order valence-electron chi connectivity index (χ0n) is 14.0. The van der Waals surface area contributed by atoms with E-state index in [0.29, 0.717) is 0 Å².